The van der Waals surface area contributed by atoms with Gasteiger partial charge < -0.3 is 10.1 Å². The van der Waals surface area contributed by atoms with E-state index in [4.69, 9.17) is 4.74 Å². The van der Waals surface area contributed by atoms with Crippen molar-refractivity contribution >= 4 is 23.6 Å². The number of pyridine rings is 1. The minimum Gasteiger partial charge on any atom is -0.462 e. The van der Waals surface area contributed by atoms with Crippen molar-refractivity contribution in [2.75, 3.05) is 12.4 Å². The van der Waals surface area contributed by atoms with Crippen molar-refractivity contribution < 1.29 is 14.3 Å². The second-order valence-electron chi connectivity index (χ2n) is 6.23. The number of nitrogens with zero attached hydrogens (tertiary/aromatic N) is 3. The number of rotatable bonds is 7. The van der Waals surface area contributed by atoms with Gasteiger partial charge in [-0.2, -0.15) is 10.5 Å². The summed E-state index contributed by atoms with van der Waals surface area (Å²) in [5.41, 5.74) is 0.0298. The van der Waals surface area contributed by atoms with E-state index in [1.165, 1.54) is 6.07 Å². The van der Waals surface area contributed by atoms with Crippen molar-refractivity contribution in [3.63, 3.8) is 0 Å². The molecule has 0 saturated heterocycles. The fourth-order valence-electron chi connectivity index (χ4n) is 2.53. The molecular weight excluding hydrogens is 352 g/mol. The van der Waals surface area contributed by atoms with Crippen LogP contribution in [-0.4, -0.2) is 34.8 Å². The molecule has 26 heavy (non-hydrogen) atoms. The topological polar surface area (TPSA) is 116 Å². The Bertz CT molecular complexity index is 808. The first-order chi connectivity index (χ1) is 12.3. The third-order valence-corrected chi connectivity index (χ3v) is 5.15. The quantitative estimate of drug-likeness (QED) is 0.577. The molecule has 0 unspecified atom stereocenters. The number of hydrogen-bond donors (Lipinski definition) is 1. The van der Waals surface area contributed by atoms with Gasteiger partial charge in [0.2, 0.25) is 5.91 Å². The number of aryl methyl sites for hydroxylation is 1. The SMILES string of the molecule is CCOC(=O)c1cc(C#N)c(SCC(=O)N[C@](C)(C#N)C2CC2)nc1C. The summed E-state index contributed by atoms with van der Waals surface area (Å²) < 4.78 is 4.95. The zero-order valence-electron chi connectivity index (χ0n) is 15.0. The molecule has 0 radical (unpaired) electrons. The number of carbonyl (C=O) groups excluding carboxylic acids is 2. The van der Waals surface area contributed by atoms with E-state index in [0.29, 0.717) is 10.7 Å². The molecule has 1 fully saturated rings. The van der Waals surface area contributed by atoms with Crippen LogP contribution in [0.3, 0.4) is 0 Å². The Balaban J connectivity index is 2.08. The number of carbonyl (C=O) groups is 2. The number of hydrogen-bond acceptors (Lipinski definition) is 7. The van der Waals surface area contributed by atoms with Crippen LogP contribution in [0.15, 0.2) is 11.1 Å². The number of amides is 1. The van der Waals surface area contributed by atoms with Crippen molar-refractivity contribution in [2.24, 2.45) is 5.92 Å². The standard InChI is InChI=1S/C18H20N4O3S/c1-4-25-17(24)14-7-12(8-19)16(21-11(14)2)26-9-15(23)22-18(3,10-20)13-5-6-13/h7,13H,4-6,9H2,1-3H3,(H,22,23)/t18-/m1/s1. The fraction of sp³-hybridized carbons (Fsp3) is 0.500. The van der Waals surface area contributed by atoms with Gasteiger partial charge in [0.1, 0.15) is 16.6 Å². The largest absolute Gasteiger partial charge is 0.462 e. The number of ether oxygens (including phenoxy) is 1. The van der Waals surface area contributed by atoms with Gasteiger partial charge in [-0.05, 0) is 45.6 Å². The second-order valence-corrected chi connectivity index (χ2v) is 7.20. The zero-order valence-corrected chi connectivity index (χ0v) is 15.8. The molecule has 0 bridgehead atoms. The van der Waals surface area contributed by atoms with E-state index in [0.717, 1.165) is 24.6 Å². The monoisotopic (exact) mass is 372 g/mol. The highest BCUT2D eigenvalue weighted by molar-refractivity contribution is 8.00. The summed E-state index contributed by atoms with van der Waals surface area (Å²) >= 11 is 1.10. The van der Waals surface area contributed by atoms with E-state index in [9.17, 15) is 20.1 Å². The molecule has 8 heteroatoms. The Morgan fingerprint density at radius 3 is 2.69 bits per heavy atom. The van der Waals surface area contributed by atoms with Crippen molar-refractivity contribution in [2.45, 2.75) is 44.2 Å². The van der Waals surface area contributed by atoms with E-state index < -0.39 is 11.5 Å². The summed E-state index contributed by atoms with van der Waals surface area (Å²) in [7, 11) is 0. The molecule has 1 atom stereocenters. The van der Waals surface area contributed by atoms with Crippen LogP contribution in [0.25, 0.3) is 0 Å². The molecule has 1 N–H and O–H groups in total. The van der Waals surface area contributed by atoms with E-state index >= 15 is 0 Å². The van der Waals surface area contributed by atoms with E-state index in [2.05, 4.69) is 16.4 Å². The normalized spacial score (nSPS) is 15.3. The van der Waals surface area contributed by atoms with Crippen LogP contribution in [0, 0.1) is 35.5 Å². The molecule has 1 aliphatic carbocycles. The van der Waals surface area contributed by atoms with Gasteiger partial charge in [0.15, 0.2) is 0 Å². The predicted molar refractivity (Wildman–Crippen MR) is 95.3 cm³/mol. The van der Waals surface area contributed by atoms with Crippen LogP contribution in [-0.2, 0) is 9.53 Å². The lowest BCUT2D eigenvalue weighted by Crippen LogP contribution is -2.47. The molecule has 1 heterocycles. The minimum absolute atomic E-state index is 0.0316. The first-order valence-electron chi connectivity index (χ1n) is 8.28. The minimum atomic E-state index is -0.854. The molecule has 136 valence electrons. The first kappa shape index (κ1) is 19.7. The number of esters is 1. The summed E-state index contributed by atoms with van der Waals surface area (Å²) in [5, 5.41) is 21.8. The van der Waals surface area contributed by atoms with E-state index in [1.807, 2.05) is 6.07 Å². The lowest BCUT2D eigenvalue weighted by molar-refractivity contribution is -0.119. The highest BCUT2D eigenvalue weighted by Crippen LogP contribution is 2.39. The highest BCUT2D eigenvalue weighted by Gasteiger charge is 2.42. The van der Waals surface area contributed by atoms with Crippen LogP contribution in [0.1, 0.15) is 48.3 Å². The average molecular weight is 372 g/mol. The molecule has 1 aromatic rings. The summed E-state index contributed by atoms with van der Waals surface area (Å²) in [5.74, 6) is -0.592. The summed E-state index contributed by atoms with van der Waals surface area (Å²) in [4.78, 5) is 28.4. The van der Waals surface area contributed by atoms with Crippen molar-refractivity contribution in [3.8, 4) is 12.1 Å². The Labute approximate surface area is 156 Å². The summed E-state index contributed by atoms with van der Waals surface area (Å²) in [6, 6.07) is 5.60. The Morgan fingerprint density at radius 1 is 1.46 bits per heavy atom. The van der Waals surface area contributed by atoms with Crippen LogP contribution in [0.4, 0.5) is 0 Å². The van der Waals surface area contributed by atoms with Gasteiger partial charge in [0.25, 0.3) is 0 Å². The van der Waals surface area contributed by atoms with Crippen LogP contribution < -0.4 is 5.32 Å². The van der Waals surface area contributed by atoms with Gasteiger partial charge in [0.05, 0.1) is 35.2 Å². The maximum Gasteiger partial charge on any atom is 0.340 e. The Kier molecular flexibility index (Phi) is 6.23. The van der Waals surface area contributed by atoms with Gasteiger partial charge in [-0.15, -0.1) is 0 Å². The molecule has 0 aliphatic heterocycles. The van der Waals surface area contributed by atoms with Crippen molar-refractivity contribution in [3.05, 3.63) is 22.9 Å². The number of aromatic nitrogens is 1. The zero-order chi connectivity index (χ0) is 19.3. The van der Waals surface area contributed by atoms with E-state index in [-0.39, 0.29) is 35.3 Å². The number of nitriles is 2. The van der Waals surface area contributed by atoms with Gasteiger partial charge in [0, 0.05) is 0 Å². The van der Waals surface area contributed by atoms with Gasteiger partial charge in [-0.3, -0.25) is 4.79 Å². The molecule has 1 saturated carbocycles. The predicted octanol–water partition coefficient (Wildman–Crippen LogP) is 2.34. The van der Waals surface area contributed by atoms with Gasteiger partial charge in [-0.1, -0.05) is 11.8 Å². The Morgan fingerprint density at radius 2 is 2.15 bits per heavy atom. The molecule has 1 amide bonds. The molecule has 1 aromatic heterocycles. The van der Waals surface area contributed by atoms with E-state index in [1.54, 1.807) is 20.8 Å². The third-order valence-electron chi connectivity index (χ3n) is 4.16. The van der Waals surface area contributed by atoms with Crippen molar-refractivity contribution in [1.82, 2.24) is 10.3 Å². The lowest BCUT2D eigenvalue weighted by atomic mass is 9.98. The molecular formula is C18H20N4O3S. The third kappa shape index (κ3) is 4.53. The fourth-order valence-corrected chi connectivity index (χ4v) is 3.33. The molecule has 0 spiro atoms. The molecule has 2 rings (SSSR count). The average Bonchev–Trinajstić information content (AvgIpc) is 3.45. The smallest absolute Gasteiger partial charge is 0.340 e. The van der Waals surface area contributed by atoms with Gasteiger partial charge in [-0.25, -0.2) is 9.78 Å². The maximum absolute atomic E-state index is 12.2. The van der Waals surface area contributed by atoms with Crippen molar-refractivity contribution in [1.29, 1.82) is 10.5 Å². The first-order valence-corrected chi connectivity index (χ1v) is 9.27. The molecule has 0 aromatic carbocycles. The molecule has 1 aliphatic rings. The lowest BCUT2D eigenvalue weighted by Gasteiger charge is -2.22. The van der Waals surface area contributed by atoms with Crippen LogP contribution in [0.5, 0.6) is 0 Å². The maximum atomic E-state index is 12.2. The molecule has 7 nitrogen and oxygen atoms in total. The van der Waals surface area contributed by atoms with Crippen LogP contribution >= 0.6 is 11.8 Å². The Hall–Kier alpha value is -2.58. The van der Waals surface area contributed by atoms with Crippen LogP contribution in [0.2, 0.25) is 0 Å². The number of thioether (sulfide) groups is 1. The summed E-state index contributed by atoms with van der Waals surface area (Å²) in [6.45, 7) is 5.31. The highest BCUT2D eigenvalue weighted by atomic mass is 32.2. The summed E-state index contributed by atoms with van der Waals surface area (Å²) in [6.07, 6.45) is 1.87. The number of nitrogens with one attached hydrogen (secondary N) is 1. The van der Waals surface area contributed by atoms with Gasteiger partial charge >= 0.3 is 5.97 Å². The second kappa shape index (κ2) is 8.20.